The van der Waals surface area contributed by atoms with Crippen LogP contribution in [0.25, 0.3) is 0 Å². The van der Waals surface area contributed by atoms with Crippen molar-refractivity contribution in [1.29, 1.82) is 0 Å². The van der Waals surface area contributed by atoms with Crippen LogP contribution in [0.15, 0.2) is 35.1 Å². The molecule has 1 amide bonds. The van der Waals surface area contributed by atoms with Gasteiger partial charge in [0.2, 0.25) is 0 Å². The van der Waals surface area contributed by atoms with Crippen LogP contribution in [0.4, 0.5) is 13.2 Å². The third-order valence-electron chi connectivity index (χ3n) is 4.49. The molecule has 0 spiro atoms. The highest BCUT2D eigenvalue weighted by molar-refractivity contribution is 5.94. The van der Waals surface area contributed by atoms with Gasteiger partial charge in [0.25, 0.3) is 11.5 Å². The van der Waals surface area contributed by atoms with E-state index in [9.17, 15) is 22.8 Å². The molecule has 2 unspecified atom stereocenters. The number of fused-ring (bicyclic) bond motifs is 1. The molecule has 0 fully saturated rings. The maximum Gasteiger partial charge on any atom is 0.431 e. The molecule has 132 valence electrons. The number of H-pyrrole nitrogens is 1. The minimum absolute atomic E-state index is 0.134. The lowest BCUT2D eigenvalue weighted by atomic mass is 10.0. The molecule has 1 aliphatic rings. The van der Waals surface area contributed by atoms with Crippen molar-refractivity contribution in [2.45, 2.75) is 32.5 Å². The Hall–Kier alpha value is -2.57. The Labute approximate surface area is 142 Å². The quantitative estimate of drug-likeness (QED) is 0.872. The van der Waals surface area contributed by atoms with Crippen LogP contribution in [0.3, 0.4) is 0 Å². The van der Waals surface area contributed by atoms with Gasteiger partial charge in [-0.25, -0.2) is 0 Å². The number of rotatable bonds is 2. The van der Waals surface area contributed by atoms with E-state index in [0.717, 1.165) is 29.2 Å². The summed E-state index contributed by atoms with van der Waals surface area (Å²) in [6, 6.07) is 7.33. The van der Waals surface area contributed by atoms with Gasteiger partial charge >= 0.3 is 6.18 Å². The van der Waals surface area contributed by atoms with Crippen molar-refractivity contribution in [3.8, 4) is 0 Å². The van der Waals surface area contributed by atoms with Crippen LogP contribution in [0, 0.1) is 12.8 Å². The van der Waals surface area contributed by atoms with Gasteiger partial charge in [0.1, 0.15) is 11.3 Å². The molecule has 7 heteroatoms. The molecule has 1 aromatic heterocycles. The van der Waals surface area contributed by atoms with Crippen molar-refractivity contribution in [1.82, 2.24) is 10.3 Å². The highest BCUT2D eigenvalue weighted by Crippen LogP contribution is 2.36. The SMILES string of the molecule is Cc1ccc2c(c1)C(NC(=O)c1ccc(C(F)(F)F)[nH]c1=O)C(C)C2. The topological polar surface area (TPSA) is 62.0 Å². The number of amides is 1. The van der Waals surface area contributed by atoms with Crippen LogP contribution < -0.4 is 10.9 Å². The summed E-state index contributed by atoms with van der Waals surface area (Å²) < 4.78 is 37.8. The second kappa shape index (κ2) is 6.06. The zero-order chi connectivity index (χ0) is 18.4. The summed E-state index contributed by atoms with van der Waals surface area (Å²) >= 11 is 0. The minimum Gasteiger partial charge on any atom is -0.345 e. The first-order valence-electron chi connectivity index (χ1n) is 7.87. The Balaban J connectivity index is 1.87. The fourth-order valence-corrected chi connectivity index (χ4v) is 3.22. The predicted octanol–water partition coefficient (Wildman–Crippen LogP) is 3.37. The number of carbonyl (C=O) groups excluding carboxylic acids is 1. The smallest absolute Gasteiger partial charge is 0.345 e. The first-order valence-corrected chi connectivity index (χ1v) is 7.87. The van der Waals surface area contributed by atoms with E-state index in [1.54, 1.807) is 4.98 Å². The minimum atomic E-state index is -4.66. The van der Waals surface area contributed by atoms with Crippen molar-refractivity contribution in [3.63, 3.8) is 0 Å². The van der Waals surface area contributed by atoms with Crippen LogP contribution in [0.2, 0.25) is 0 Å². The zero-order valence-electron chi connectivity index (χ0n) is 13.7. The van der Waals surface area contributed by atoms with Crippen molar-refractivity contribution in [2.24, 2.45) is 5.92 Å². The van der Waals surface area contributed by atoms with E-state index >= 15 is 0 Å². The lowest BCUT2D eigenvalue weighted by Gasteiger charge is -2.19. The van der Waals surface area contributed by atoms with Crippen molar-refractivity contribution >= 4 is 5.91 Å². The van der Waals surface area contributed by atoms with E-state index < -0.39 is 23.3 Å². The number of aromatic amines is 1. The van der Waals surface area contributed by atoms with Crippen LogP contribution in [-0.2, 0) is 12.6 Å². The summed E-state index contributed by atoms with van der Waals surface area (Å²) in [5, 5.41) is 2.79. The molecule has 4 nitrogen and oxygen atoms in total. The summed E-state index contributed by atoms with van der Waals surface area (Å²) in [5.41, 5.74) is 0.612. The molecule has 0 saturated heterocycles. The number of benzene rings is 1. The predicted molar refractivity (Wildman–Crippen MR) is 86.3 cm³/mol. The number of carbonyl (C=O) groups is 1. The molecule has 2 atom stereocenters. The number of nitrogens with one attached hydrogen (secondary N) is 2. The highest BCUT2D eigenvalue weighted by Gasteiger charge is 2.34. The largest absolute Gasteiger partial charge is 0.431 e. The third kappa shape index (κ3) is 3.31. The van der Waals surface area contributed by atoms with Gasteiger partial charge in [-0.3, -0.25) is 9.59 Å². The number of aryl methyl sites for hydroxylation is 1. The van der Waals surface area contributed by atoms with Gasteiger partial charge in [-0.1, -0.05) is 30.7 Å². The summed E-state index contributed by atoms with van der Waals surface area (Å²) in [6.07, 6.45) is -3.87. The summed E-state index contributed by atoms with van der Waals surface area (Å²) in [7, 11) is 0. The Morgan fingerprint density at radius 2 is 1.96 bits per heavy atom. The molecule has 1 heterocycles. The molecular weight excluding hydrogens is 333 g/mol. The maximum atomic E-state index is 12.6. The third-order valence-corrected chi connectivity index (χ3v) is 4.49. The Morgan fingerprint density at radius 3 is 2.60 bits per heavy atom. The summed E-state index contributed by atoms with van der Waals surface area (Å²) in [4.78, 5) is 26.0. The number of alkyl halides is 3. The first-order chi connectivity index (χ1) is 11.7. The van der Waals surface area contributed by atoms with Gasteiger partial charge in [0.05, 0.1) is 6.04 Å². The number of pyridine rings is 1. The number of hydrogen-bond acceptors (Lipinski definition) is 2. The average molecular weight is 350 g/mol. The summed E-state index contributed by atoms with van der Waals surface area (Å²) in [5.74, 6) is -0.546. The fourth-order valence-electron chi connectivity index (χ4n) is 3.22. The van der Waals surface area contributed by atoms with E-state index in [1.165, 1.54) is 0 Å². The Kier molecular flexibility index (Phi) is 4.18. The Bertz CT molecular complexity index is 887. The molecule has 0 saturated carbocycles. The van der Waals surface area contributed by atoms with Gasteiger partial charge in [-0.2, -0.15) is 13.2 Å². The van der Waals surface area contributed by atoms with E-state index in [0.29, 0.717) is 6.07 Å². The molecule has 3 rings (SSSR count). The van der Waals surface area contributed by atoms with Crippen LogP contribution in [-0.4, -0.2) is 10.9 Å². The molecule has 1 aromatic carbocycles. The second-order valence-electron chi connectivity index (χ2n) is 6.45. The van der Waals surface area contributed by atoms with E-state index in [1.807, 2.05) is 32.0 Å². The maximum absolute atomic E-state index is 12.6. The fraction of sp³-hybridized carbons (Fsp3) is 0.333. The number of halogens is 3. The molecular formula is C18H17F3N2O2. The van der Waals surface area contributed by atoms with Crippen molar-refractivity contribution in [2.75, 3.05) is 0 Å². The van der Waals surface area contributed by atoms with Gasteiger partial charge in [0.15, 0.2) is 0 Å². The summed E-state index contributed by atoms with van der Waals surface area (Å²) in [6.45, 7) is 3.93. The molecule has 0 bridgehead atoms. The second-order valence-corrected chi connectivity index (χ2v) is 6.45. The normalized spacial score (nSPS) is 19.6. The van der Waals surface area contributed by atoms with E-state index in [-0.39, 0.29) is 17.5 Å². The van der Waals surface area contributed by atoms with Gasteiger partial charge in [-0.05, 0) is 42.5 Å². The molecule has 2 N–H and O–H groups in total. The van der Waals surface area contributed by atoms with E-state index in [4.69, 9.17) is 0 Å². The van der Waals surface area contributed by atoms with Gasteiger partial charge in [-0.15, -0.1) is 0 Å². The zero-order valence-corrected chi connectivity index (χ0v) is 13.7. The average Bonchev–Trinajstić information content (AvgIpc) is 2.82. The Morgan fingerprint density at radius 1 is 1.24 bits per heavy atom. The van der Waals surface area contributed by atoms with Crippen molar-refractivity contribution in [3.05, 3.63) is 68.6 Å². The molecule has 25 heavy (non-hydrogen) atoms. The first kappa shape index (κ1) is 17.3. The lowest BCUT2D eigenvalue weighted by Crippen LogP contribution is -2.34. The molecule has 0 aliphatic heterocycles. The molecule has 0 radical (unpaired) electrons. The van der Waals surface area contributed by atoms with Gasteiger partial charge < -0.3 is 10.3 Å². The van der Waals surface area contributed by atoms with Crippen LogP contribution >= 0.6 is 0 Å². The van der Waals surface area contributed by atoms with Gasteiger partial charge in [0, 0.05) is 0 Å². The number of hydrogen-bond donors (Lipinski definition) is 2. The molecule has 2 aromatic rings. The van der Waals surface area contributed by atoms with Crippen molar-refractivity contribution < 1.29 is 18.0 Å². The monoisotopic (exact) mass is 350 g/mol. The lowest BCUT2D eigenvalue weighted by molar-refractivity contribution is -0.141. The standard InChI is InChI=1S/C18H17F3N2O2/c1-9-3-4-11-8-10(2)15(13(11)7-9)23-17(25)12-5-6-14(18(19,20)21)22-16(12)24/h3-7,10,15H,8H2,1-2H3,(H,22,24)(H,23,25). The number of aromatic nitrogens is 1. The van der Waals surface area contributed by atoms with Crippen LogP contribution in [0.5, 0.6) is 0 Å². The highest BCUT2D eigenvalue weighted by atomic mass is 19.4. The van der Waals surface area contributed by atoms with Crippen LogP contribution in [0.1, 0.15) is 45.7 Å². The molecule has 1 aliphatic carbocycles. The van der Waals surface area contributed by atoms with E-state index in [2.05, 4.69) is 5.32 Å².